The highest BCUT2D eigenvalue weighted by Crippen LogP contribution is 2.23. The minimum absolute atomic E-state index is 0.197. The van der Waals surface area contributed by atoms with Crippen LogP contribution in [0.25, 0.3) is 10.9 Å². The lowest BCUT2D eigenvalue weighted by atomic mass is 10.00. The summed E-state index contributed by atoms with van der Waals surface area (Å²) in [5, 5.41) is 1.32. The van der Waals surface area contributed by atoms with Crippen molar-refractivity contribution in [2.45, 2.75) is 45.2 Å². The van der Waals surface area contributed by atoms with E-state index >= 15 is 0 Å². The van der Waals surface area contributed by atoms with E-state index < -0.39 is 0 Å². The van der Waals surface area contributed by atoms with Gasteiger partial charge in [-0.3, -0.25) is 4.79 Å². The van der Waals surface area contributed by atoms with Crippen LogP contribution in [0, 0.1) is 6.92 Å². The van der Waals surface area contributed by atoms with Crippen molar-refractivity contribution >= 4 is 16.8 Å². The number of rotatable bonds is 9. The summed E-state index contributed by atoms with van der Waals surface area (Å²) in [4.78, 5) is 21.7. The van der Waals surface area contributed by atoms with Gasteiger partial charge in [0, 0.05) is 49.3 Å². The molecule has 0 atom stereocenters. The van der Waals surface area contributed by atoms with Gasteiger partial charge >= 0.3 is 0 Å². The SMILES string of the molecule is COc1ccc(CC(=O)N(Cc2ccc(C)cc2)C2CCN(CCc3c[nH]c4ccccc34)CC2)cc1. The highest BCUT2D eigenvalue weighted by molar-refractivity contribution is 5.83. The second-order valence-electron chi connectivity index (χ2n) is 10.2. The number of amides is 1. The van der Waals surface area contributed by atoms with Crippen LogP contribution in [0.15, 0.2) is 79.0 Å². The molecule has 0 unspecified atom stereocenters. The summed E-state index contributed by atoms with van der Waals surface area (Å²) in [6.07, 6.45) is 5.62. The van der Waals surface area contributed by atoms with Gasteiger partial charge in [0.05, 0.1) is 13.5 Å². The van der Waals surface area contributed by atoms with Gasteiger partial charge in [-0.05, 0) is 61.1 Å². The summed E-state index contributed by atoms with van der Waals surface area (Å²) in [7, 11) is 1.66. The number of hydrogen-bond donors (Lipinski definition) is 1. The molecule has 5 rings (SSSR count). The Morgan fingerprint density at radius 3 is 2.41 bits per heavy atom. The first-order valence-electron chi connectivity index (χ1n) is 13.3. The van der Waals surface area contributed by atoms with E-state index in [1.54, 1.807) is 7.11 Å². The summed E-state index contributed by atoms with van der Waals surface area (Å²) in [6.45, 7) is 5.85. The molecular weight excluding hydrogens is 458 g/mol. The number of nitrogens with zero attached hydrogens (tertiary/aromatic N) is 2. The monoisotopic (exact) mass is 495 g/mol. The quantitative estimate of drug-likeness (QED) is 0.321. The van der Waals surface area contributed by atoms with E-state index in [0.29, 0.717) is 13.0 Å². The molecule has 1 aromatic heterocycles. The second kappa shape index (κ2) is 11.7. The van der Waals surface area contributed by atoms with Gasteiger partial charge in [0.2, 0.25) is 5.91 Å². The summed E-state index contributed by atoms with van der Waals surface area (Å²) in [5.41, 5.74) is 6.04. The fourth-order valence-corrected chi connectivity index (χ4v) is 5.40. The van der Waals surface area contributed by atoms with Crippen LogP contribution >= 0.6 is 0 Å². The molecule has 0 spiro atoms. The predicted molar refractivity (Wildman–Crippen MR) is 150 cm³/mol. The molecule has 37 heavy (non-hydrogen) atoms. The van der Waals surface area contributed by atoms with Crippen molar-refractivity contribution in [2.75, 3.05) is 26.7 Å². The van der Waals surface area contributed by atoms with Crippen LogP contribution in [0.1, 0.15) is 35.1 Å². The van der Waals surface area contributed by atoms with Crippen LogP contribution < -0.4 is 4.74 Å². The zero-order chi connectivity index (χ0) is 25.6. The molecule has 5 nitrogen and oxygen atoms in total. The molecule has 1 saturated heterocycles. The first kappa shape index (κ1) is 25.1. The largest absolute Gasteiger partial charge is 0.497 e. The molecule has 1 amide bonds. The van der Waals surface area contributed by atoms with Crippen LogP contribution in [0.2, 0.25) is 0 Å². The van der Waals surface area contributed by atoms with Crippen LogP contribution in [0.5, 0.6) is 5.75 Å². The molecule has 0 bridgehead atoms. The van der Waals surface area contributed by atoms with Crippen LogP contribution in [-0.4, -0.2) is 53.5 Å². The van der Waals surface area contributed by atoms with Crippen molar-refractivity contribution in [3.63, 3.8) is 0 Å². The Hall–Kier alpha value is -3.57. The third-order valence-corrected chi connectivity index (χ3v) is 7.68. The Kier molecular flexibility index (Phi) is 7.90. The maximum Gasteiger partial charge on any atom is 0.227 e. The molecule has 0 saturated carbocycles. The molecule has 0 radical (unpaired) electrons. The number of nitrogens with one attached hydrogen (secondary N) is 1. The van der Waals surface area contributed by atoms with Gasteiger partial charge in [0.25, 0.3) is 0 Å². The number of carbonyl (C=O) groups excluding carboxylic acids is 1. The molecule has 2 heterocycles. The number of piperidine rings is 1. The van der Waals surface area contributed by atoms with Crippen molar-refractivity contribution in [3.8, 4) is 5.75 Å². The summed E-state index contributed by atoms with van der Waals surface area (Å²) >= 11 is 0. The Morgan fingerprint density at radius 1 is 0.973 bits per heavy atom. The molecule has 1 aliphatic rings. The summed E-state index contributed by atoms with van der Waals surface area (Å²) in [5.74, 6) is 1.01. The van der Waals surface area contributed by atoms with Crippen molar-refractivity contribution < 1.29 is 9.53 Å². The van der Waals surface area contributed by atoms with Crippen molar-refractivity contribution in [1.82, 2.24) is 14.8 Å². The molecule has 1 aliphatic heterocycles. The van der Waals surface area contributed by atoms with E-state index in [-0.39, 0.29) is 11.9 Å². The average molecular weight is 496 g/mol. The number of ether oxygens (including phenoxy) is 1. The Morgan fingerprint density at radius 2 is 1.68 bits per heavy atom. The number of likely N-dealkylation sites (tertiary alicyclic amines) is 1. The van der Waals surface area contributed by atoms with E-state index in [2.05, 4.69) is 76.4 Å². The zero-order valence-corrected chi connectivity index (χ0v) is 22.0. The Labute approximate surface area is 220 Å². The lowest BCUT2D eigenvalue weighted by molar-refractivity contribution is -0.134. The van der Waals surface area contributed by atoms with Crippen LogP contribution in [-0.2, 0) is 24.2 Å². The van der Waals surface area contributed by atoms with Gasteiger partial charge in [-0.15, -0.1) is 0 Å². The van der Waals surface area contributed by atoms with Gasteiger partial charge in [0.15, 0.2) is 0 Å². The highest BCUT2D eigenvalue weighted by atomic mass is 16.5. The second-order valence-corrected chi connectivity index (χ2v) is 10.2. The summed E-state index contributed by atoms with van der Waals surface area (Å²) in [6, 6.07) is 25.2. The lowest BCUT2D eigenvalue weighted by Gasteiger charge is -2.39. The molecule has 192 valence electrons. The zero-order valence-electron chi connectivity index (χ0n) is 22.0. The molecule has 5 heteroatoms. The molecule has 0 aliphatic carbocycles. The van der Waals surface area contributed by atoms with Gasteiger partial charge in [-0.2, -0.15) is 0 Å². The van der Waals surface area contributed by atoms with E-state index in [4.69, 9.17) is 4.74 Å². The Bertz CT molecular complexity index is 1300. The number of methoxy groups -OCH3 is 1. The molecule has 3 aromatic carbocycles. The number of hydrogen-bond acceptors (Lipinski definition) is 3. The minimum Gasteiger partial charge on any atom is -0.497 e. The highest BCUT2D eigenvalue weighted by Gasteiger charge is 2.28. The Balaban J connectivity index is 1.22. The average Bonchev–Trinajstić information content (AvgIpc) is 3.35. The van der Waals surface area contributed by atoms with Crippen molar-refractivity contribution in [3.05, 3.63) is 101 Å². The van der Waals surface area contributed by atoms with Crippen LogP contribution in [0.4, 0.5) is 0 Å². The first-order chi connectivity index (χ1) is 18.1. The fraction of sp³-hybridized carbons (Fsp3) is 0.344. The number of benzene rings is 3. The lowest BCUT2D eigenvalue weighted by Crippen LogP contribution is -2.47. The molecule has 1 N–H and O–H groups in total. The predicted octanol–water partition coefficient (Wildman–Crippen LogP) is 5.76. The molecule has 1 fully saturated rings. The fourth-order valence-electron chi connectivity index (χ4n) is 5.40. The minimum atomic E-state index is 0.197. The number of carbonyl (C=O) groups is 1. The molecular formula is C32H37N3O2. The first-order valence-corrected chi connectivity index (χ1v) is 13.3. The van der Waals surface area contributed by atoms with E-state index in [1.807, 2.05) is 24.3 Å². The van der Waals surface area contributed by atoms with E-state index in [9.17, 15) is 4.79 Å². The third-order valence-electron chi connectivity index (χ3n) is 7.68. The third kappa shape index (κ3) is 6.23. The van der Waals surface area contributed by atoms with Gasteiger partial charge in [-0.25, -0.2) is 0 Å². The topological polar surface area (TPSA) is 48.6 Å². The van der Waals surface area contributed by atoms with Crippen molar-refractivity contribution in [2.24, 2.45) is 0 Å². The number of para-hydroxylation sites is 1. The van der Waals surface area contributed by atoms with Crippen molar-refractivity contribution in [1.29, 1.82) is 0 Å². The standard InChI is InChI=1S/C32H37N3O2/c1-24-7-9-26(10-8-24)23-35(32(36)21-25-11-13-29(37-2)14-12-25)28-16-19-34(20-17-28)18-15-27-22-33-31-6-4-3-5-30(27)31/h3-14,22,28,33H,15-21,23H2,1-2H3. The number of fused-ring (bicyclic) bond motifs is 1. The van der Waals surface area contributed by atoms with Gasteiger partial charge in [-0.1, -0.05) is 60.2 Å². The maximum atomic E-state index is 13.6. The smallest absolute Gasteiger partial charge is 0.227 e. The number of aryl methyl sites for hydroxylation is 1. The van der Waals surface area contributed by atoms with Gasteiger partial charge in [0.1, 0.15) is 5.75 Å². The van der Waals surface area contributed by atoms with Crippen LogP contribution in [0.3, 0.4) is 0 Å². The van der Waals surface area contributed by atoms with E-state index in [1.165, 1.54) is 27.6 Å². The normalized spacial score (nSPS) is 14.6. The maximum absolute atomic E-state index is 13.6. The number of aromatic amines is 1. The number of H-pyrrole nitrogens is 1. The summed E-state index contributed by atoms with van der Waals surface area (Å²) < 4.78 is 5.28. The van der Waals surface area contributed by atoms with E-state index in [0.717, 1.165) is 50.2 Å². The van der Waals surface area contributed by atoms with Gasteiger partial charge < -0.3 is 19.5 Å². The number of aromatic nitrogens is 1. The molecule has 4 aromatic rings.